The fourth-order valence-electron chi connectivity index (χ4n) is 0.574. The van der Waals surface area contributed by atoms with Gasteiger partial charge in [0.1, 0.15) is 0 Å². The lowest BCUT2D eigenvalue weighted by Gasteiger charge is -2.36. The van der Waals surface area contributed by atoms with Crippen molar-refractivity contribution in [3.05, 3.63) is 0 Å². The number of hydrogen-bond acceptors (Lipinski definition) is 2. The standard InChI is InChI=1S/C9H24O2Si2/c1-9(2,13(6,7)10)8-11-12(3,4)5/h10H,8H2,1-7H3. The molecule has 0 spiro atoms. The molecule has 0 aliphatic carbocycles. The van der Waals surface area contributed by atoms with E-state index in [4.69, 9.17) is 4.43 Å². The van der Waals surface area contributed by atoms with Crippen LogP contribution < -0.4 is 0 Å². The van der Waals surface area contributed by atoms with Crippen molar-refractivity contribution in [3.8, 4) is 0 Å². The normalized spacial score (nSPS) is 14.8. The van der Waals surface area contributed by atoms with Crippen LogP contribution in [-0.2, 0) is 4.43 Å². The second-order valence-electron chi connectivity index (χ2n) is 5.84. The van der Waals surface area contributed by atoms with E-state index in [1.165, 1.54) is 0 Å². The van der Waals surface area contributed by atoms with Gasteiger partial charge in [0.25, 0.3) is 0 Å². The van der Waals surface area contributed by atoms with Gasteiger partial charge >= 0.3 is 0 Å². The largest absolute Gasteiger partial charge is 0.432 e. The first kappa shape index (κ1) is 13.4. The SMILES string of the molecule is CC(C)(CO[Si](C)(C)C)[Si](C)(C)O. The Kier molecular flexibility index (Phi) is 3.95. The summed E-state index contributed by atoms with van der Waals surface area (Å²) in [5.41, 5.74) is 0. The molecule has 0 aromatic rings. The van der Waals surface area contributed by atoms with E-state index in [9.17, 15) is 4.80 Å². The molecule has 0 aromatic carbocycles. The highest BCUT2D eigenvalue weighted by molar-refractivity contribution is 6.73. The highest BCUT2D eigenvalue weighted by Gasteiger charge is 2.39. The third-order valence-corrected chi connectivity index (χ3v) is 6.99. The van der Waals surface area contributed by atoms with Crippen molar-refractivity contribution in [1.29, 1.82) is 0 Å². The molecule has 0 saturated heterocycles. The fourth-order valence-corrected chi connectivity index (χ4v) is 1.94. The van der Waals surface area contributed by atoms with Gasteiger partial charge in [0.05, 0.1) is 0 Å². The molecule has 0 fully saturated rings. The summed E-state index contributed by atoms with van der Waals surface area (Å²) in [4.78, 5) is 10.0. The Balaban J connectivity index is 4.21. The molecule has 0 bridgehead atoms. The van der Waals surface area contributed by atoms with Gasteiger partial charge in [0.15, 0.2) is 16.6 Å². The number of hydrogen-bond donors (Lipinski definition) is 1. The van der Waals surface area contributed by atoms with Crippen molar-refractivity contribution in [2.75, 3.05) is 6.61 Å². The molecular formula is C9H24O2Si2. The van der Waals surface area contributed by atoms with E-state index < -0.39 is 16.6 Å². The molecule has 0 aliphatic heterocycles. The molecule has 2 nitrogen and oxygen atoms in total. The fraction of sp³-hybridized carbons (Fsp3) is 1.00. The summed E-state index contributed by atoms with van der Waals surface area (Å²) in [7, 11) is -3.52. The molecule has 0 saturated carbocycles. The van der Waals surface area contributed by atoms with Crippen molar-refractivity contribution in [1.82, 2.24) is 0 Å². The predicted octanol–water partition coefficient (Wildman–Crippen LogP) is 2.82. The van der Waals surface area contributed by atoms with E-state index in [0.717, 1.165) is 0 Å². The van der Waals surface area contributed by atoms with Crippen LogP contribution in [-0.4, -0.2) is 28.0 Å². The molecule has 0 heterocycles. The minimum Gasteiger partial charge on any atom is -0.432 e. The average Bonchev–Trinajstić information content (AvgIpc) is 1.79. The van der Waals surface area contributed by atoms with E-state index in [1.54, 1.807) is 0 Å². The van der Waals surface area contributed by atoms with Gasteiger partial charge in [-0.2, -0.15) is 0 Å². The molecule has 0 amide bonds. The Bertz CT molecular complexity index is 165. The van der Waals surface area contributed by atoms with Crippen molar-refractivity contribution < 1.29 is 9.22 Å². The number of rotatable bonds is 4. The molecular weight excluding hydrogens is 196 g/mol. The van der Waals surface area contributed by atoms with Gasteiger partial charge in [-0.05, 0) is 32.7 Å². The Labute approximate surface area is 84.6 Å². The second kappa shape index (κ2) is 3.84. The van der Waals surface area contributed by atoms with Gasteiger partial charge in [-0.3, -0.25) is 0 Å². The van der Waals surface area contributed by atoms with Crippen molar-refractivity contribution in [2.45, 2.75) is 51.6 Å². The molecule has 0 atom stereocenters. The average molecular weight is 220 g/mol. The molecule has 4 heteroatoms. The first-order chi connectivity index (χ1) is 5.46. The Hall–Kier alpha value is 0.354. The summed E-state index contributed by atoms with van der Waals surface area (Å²) in [6.45, 7) is 15.4. The summed E-state index contributed by atoms with van der Waals surface area (Å²) in [5.74, 6) is 0. The topological polar surface area (TPSA) is 29.5 Å². The van der Waals surface area contributed by atoms with Crippen LogP contribution in [0.2, 0.25) is 37.8 Å². The van der Waals surface area contributed by atoms with Crippen LogP contribution >= 0.6 is 0 Å². The van der Waals surface area contributed by atoms with E-state index in [-0.39, 0.29) is 5.04 Å². The molecule has 13 heavy (non-hydrogen) atoms. The van der Waals surface area contributed by atoms with Crippen LogP contribution in [0.15, 0.2) is 0 Å². The van der Waals surface area contributed by atoms with Gasteiger partial charge < -0.3 is 9.22 Å². The quantitative estimate of drug-likeness (QED) is 0.738. The van der Waals surface area contributed by atoms with Crippen molar-refractivity contribution >= 4 is 16.6 Å². The van der Waals surface area contributed by atoms with Gasteiger partial charge in [-0.15, -0.1) is 0 Å². The minimum absolute atomic E-state index is 0.0483. The summed E-state index contributed by atoms with van der Waals surface area (Å²) in [6, 6.07) is 0. The van der Waals surface area contributed by atoms with Crippen molar-refractivity contribution in [2.24, 2.45) is 0 Å². The Morgan fingerprint density at radius 1 is 1.08 bits per heavy atom. The van der Waals surface area contributed by atoms with Gasteiger partial charge in [0, 0.05) is 11.6 Å². The summed E-state index contributed by atoms with van der Waals surface area (Å²) in [6.07, 6.45) is 0. The van der Waals surface area contributed by atoms with Crippen LogP contribution in [0.5, 0.6) is 0 Å². The lowest BCUT2D eigenvalue weighted by atomic mass is 10.2. The Morgan fingerprint density at radius 3 is 1.69 bits per heavy atom. The Morgan fingerprint density at radius 2 is 1.46 bits per heavy atom. The van der Waals surface area contributed by atoms with E-state index in [0.29, 0.717) is 6.61 Å². The van der Waals surface area contributed by atoms with Gasteiger partial charge in [-0.25, -0.2) is 0 Å². The highest BCUT2D eigenvalue weighted by atomic mass is 28.4. The molecule has 80 valence electrons. The van der Waals surface area contributed by atoms with Gasteiger partial charge in [-0.1, -0.05) is 13.8 Å². The summed E-state index contributed by atoms with van der Waals surface area (Å²) in [5, 5.41) is -0.0483. The monoisotopic (exact) mass is 220 g/mol. The minimum atomic E-state index is -2.09. The zero-order valence-electron chi connectivity index (χ0n) is 10.1. The van der Waals surface area contributed by atoms with E-state index in [2.05, 4.69) is 33.5 Å². The van der Waals surface area contributed by atoms with Crippen LogP contribution in [0.25, 0.3) is 0 Å². The maximum Gasteiger partial charge on any atom is 0.190 e. The highest BCUT2D eigenvalue weighted by Crippen LogP contribution is 2.35. The molecule has 0 radical (unpaired) electrons. The van der Waals surface area contributed by atoms with E-state index >= 15 is 0 Å². The van der Waals surface area contributed by atoms with Crippen molar-refractivity contribution in [3.63, 3.8) is 0 Å². The molecule has 1 N–H and O–H groups in total. The summed E-state index contributed by atoms with van der Waals surface area (Å²) < 4.78 is 5.83. The van der Waals surface area contributed by atoms with Crippen LogP contribution in [0.4, 0.5) is 0 Å². The smallest absolute Gasteiger partial charge is 0.190 e. The van der Waals surface area contributed by atoms with E-state index in [1.807, 2.05) is 13.1 Å². The zero-order chi connectivity index (χ0) is 10.9. The third kappa shape index (κ3) is 4.95. The third-order valence-electron chi connectivity index (χ3n) is 2.52. The van der Waals surface area contributed by atoms with Crippen LogP contribution in [0.1, 0.15) is 13.8 Å². The maximum atomic E-state index is 10.0. The molecule has 0 aliphatic rings. The molecule has 0 rings (SSSR count). The zero-order valence-corrected chi connectivity index (χ0v) is 12.1. The first-order valence-electron chi connectivity index (χ1n) is 4.82. The maximum absolute atomic E-state index is 10.0. The van der Waals surface area contributed by atoms with Crippen LogP contribution in [0.3, 0.4) is 0 Å². The first-order valence-corrected chi connectivity index (χ1v) is 11.2. The van der Waals surface area contributed by atoms with Gasteiger partial charge in [0.2, 0.25) is 0 Å². The van der Waals surface area contributed by atoms with Crippen LogP contribution in [0, 0.1) is 0 Å². The molecule has 0 aromatic heterocycles. The summed E-state index contributed by atoms with van der Waals surface area (Å²) >= 11 is 0. The lowest BCUT2D eigenvalue weighted by molar-refractivity contribution is 0.254. The second-order valence-corrected chi connectivity index (χ2v) is 14.8. The molecule has 0 unspecified atom stereocenters. The predicted molar refractivity (Wildman–Crippen MR) is 63.0 cm³/mol. The lowest BCUT2D eigenvalue weighted by Crippen LogP contribution is -2.44.